The number of anilines is 1. The van der Waals surface area contributed by atoms with Crippen molar-refractivity contribution in [2.45, 2.75) is 6.61 Å². The van der Waals surface area contributed by atoms with Gasteiger partial charge in [-0.3, -0.25) is 14.9 Å². The number of rotatable bonds is 5. The number of carbonyl (C=O) groups excluding carboxylic acids is 1. The van der Waals surface area contributed by atoms with Crippen LogP contribution in [0.3, 0.4) is 0 Å². The molecule has 2 N–H and O–H groups in total. The maximum absolute atomic E-state index is 12.2. The second-order valence-electron chi connectivity index (χ2n) is 4.87. The van der Waals surface area contributed by atoms with Gasteiger partial charge in [0.2, 0.25) is 5.13 Å². The fraction of sp³-hybridized carbons (Fsp3) is 0.133. The molecule has 25 heavy (non-hydrogen) atoms. The minimum Gasteiger partial charge on any atom is -0.377 e. The number of aromatic amines is 1. The number of hydrogen-bond donors (Lipinski definition) is 2. The van der Waals surface area contributed by atoms with Gasteiger partial charge in [0.15, 0.2) is 0 Å². The quantitative estimate of drug-likeness (QED) is 0.706. The van der Waals surface area contributed by atoms with Crippen LogP contribution in [0.4, 0.5) is 5.13 Å². The molecule has 0 radical (unpaired) electrons. The number of ether oxygens (including phenoxy) is 1. The first-order valence-corrected chi connectivity index (χ1v) is 8.24. The number of H-pyrrole nitrogens is 1. The maximum atomic E-state index is 12.2. The van der Waals surface area contributed by atoms with Gasteiger partial charge in [-0.15, -0.1) is 10.2 Å². The first-order chi connectivity index (χ1) is 12.1. The summed E-state index contributed by atoms with van der Waals surface area (Å²) >= 11 is 7.00. The van der Waals surface area contributed by atoms with E-state index in [1.165, 1.54) is 13.3 Å². The highest BCUT2D eigenvalue weighted by Crippen LogP contribution is 2.18. The first-order valence-electron chi connectivity index (χ1n) is 7.05. The van der Waals surface area contributed by atoms with E-state index in [-0.39, 0.29) is 10.7 Å². The Labute approximate surface area is 150 Å². The van der Waals surface area contributed by atoms with E-state index in [2.05, 4.69) is 25.5 Å². The summed E-state index contributed by atoms with van der Waals surface area (Å²) in [5, 5.41) is 11.7. The predicted molar refractivity (Wildman–Crippen MR) is 93.9 cm³/mol. The Kier molecular flexibility index (Phi) is 5.17. The molecule has 0 saturated heterocycles. The molecular formula is C15H12ClN5O3S. The fourth-order valence-corrected chi connectivity index (χ4v) is 2.79. The minimum absolute atomic E-state index is 0.124. The van der Waals surface area contributed by atoms with Crippen LogP contribution in [0.5, 0.6) is 0 Å². The van der Waals surface area contributed by atoms with E-state index in [0.29, 0.717) is 28.0 Å². The highest BCUT2D eigenvalue weighted by molar-refractivity contribution is 7.15. The smallest absolute Gasteiger partial charge is 0.264 e. The van der Waals surface area contributed by atoms with E-state index >= 15 is 0 Å². The van der Waals surface area contributed by atoms with Gasteiger partial charge in [-0.25, -0.2) is 4.98 Å². The number of halogens is 1. The van der Waals surface area contributed by atoms with Crippen molar-refractivity contribution in [2.75, 3.05) is 12.4 Å². The highest BCUT2D eigenvalue weighted by atomic mass is 35.5. The van der Waals surface area contributed by atoms with Crippen LogP contribution in [0.15, 0.2) is 35.3 Å². The third-order valence-electron chi connectivity index (χ3n) is 3.12. The van der Waals surface area contributed by atoms with Crippen molar-refractivity contribution in [3.8, 4) is 11.4 Å². The van der Waals surface area contributed by atoms with E-state index in [0.717, 1.165) is 11.3 Å². The van der Waals surface area contributed by atoms with Crippen molar-refractivity contribution in [3.63, 3.8) is 0 Å². The van der Waals surface area contributed by atoms with Crippen molar-refractivity contribution in [1.82, 2.24) is 20.2 Å². The maximum Gasteiger partial charge on any atom is 0.264 e. The fourth-order valence-electron chi connectivity index (χ4n) is 1.96. The number of hydrogen-bond acceptors (Lipinski definition) is 7. The normalized spacial score (nSPS) is 10.6. The third kappa shape index (κ3) is 4.08. The van der Waals surface area contributed by atoms with Gasteiger partial charge in [0.25, 0.3) is 11.5 Å². The second kappa shape index (κ2) is 7.51. The lowest BCUT2D eigenvalue weighted by Crippen LogP contribution is -2.24. The Bertz CT molecular complexity index is 954. The molecule has 2 aromatic heterocycles. The Morgan fingerprint density at radius 2 is 2.08 bits per heavy atom. The molecule has 3 rings (SSSR count). The Morgan fingerprint density at radius 1 is 1.32 bits per heavy atom. The van der Waals surface area contributed by atoms with E-state index in [4.69, 9.17) is 16.3 Å². The van der Waals surface area contributed by atoms with Crippen molar-refractivity contribution in [3.05, 3.63) is 56.4 Å². The van der Waals surface area contributed by atoms with Gasteiger partial charge in [0.05, 0.1) is 0 Å². The van der Waals surface area contributed by atoms with Gasteiger partial charge in [0.1, 0.15) is 23.0 Å². The molecule has 0 fully saturated rings. The zero-order chi connectivity index (χ0) is 17.8. The zero-order valence-corrected chi connectivity index (χ0v) is 14.5. The van der Waals surface area contributed by atoms with Crippen molar-refractivity contribution in [2.24, 2.45) is 0 Å². The summed E-state index contributed by atoms with van der Waals surface area (Å²) in [6.45, 7) is 0.297. The second-order valence-corrected chi connectivity index (χ2v) is 6.37. The minimum atomic E-state index is -0.614. The molecule has 0 aliphatic carbocycles. The van der Waals surface area contributed by atoms with Gasteiger partial charge in [-0.05, 0) is 24.3 Å². The van der Waals surface area contributed by atoms with Crippen LogP contribution >= 0.6 is 22.9 Å². The average Bonchev–Trinajstić information content (AvgIpc) is 3.02. The molecule has 0 saturated carbocycles. The molecule has 1 aromatic carbocycles. The molecule has 0 aliphatic rings. The zero-order valence-electron chi connectivity index (χ0n) is 12.9. The standard InChI is InChI=1S/C15H12ClN5O3S/c1-24-7-11-20-21-15(25-11)19-14(23)10-6-17-12(18-13(10)22)8-2-4-9(16)5-3-8/h2-6H,7H2,1H3,(H,17,18,22)(H,19,21,23). The van der Waals surface area contributed by atoms with Crippen molar-refractivity contribution in [1.29, 1.82) is 0 Å². The Balaban J connectivity index is 1.79. The topological polar surface area (TPSA) is 110 Å². The molecule has 2 heterocycles. The van der Waals surface area contributed by atoms with Crippen LogP contribution in [0.1, 0.15) is 15.4 Å². The Morgan fingerprint density at radius 3 is 2.76 bits per heavy atom. The summed E-state index contributed by atoms with van der Waals surface area (Å²) in [4.78, 5) is 31.1. The summed E-state index contributed by atoms with van der Waals surface area (Å²) in [6.07, 6.45) is 1.22. The van der Waals surface area contributed by atoms with Crippen LogP contribution in [0, 0.1) is 0 Å². The lowest BCUT2D eigenvalue weighted by molar-refractivity contribution is 0.102. The number of carbonyl (C=O) groups is 1. The highest BCUT2D eigenvalue weighted by Gasteiger charge is 2.15. The Hall–Kier alpha value is -2.62. The van der Waals surface area contributed by atoms with Crippen molar-refractivity contribution < 1.29 is 9.53 Å². The van der Waals surface area contributed by atoms with Crippen LogP contribution in [-0.2, 0) is 11.3 Å². The van der Waals surface area contributed by atoms with Crippen LogP contribution in [0.25, 0.3) is 11.4 Å². The summed E-state index contributed by atoms with van der Waals surface area (Å²) in [7, 11) is 1.53. The summed E-state index contributed by atoms with van der Waals surface area (Å²) in [5.74, 6) is -0.270. The number of nitrogens with zero attached hydrogens (tertiary/aromatic N) is 3. The summed E-state index contributed by atoms with van der Waals surface area (Å²) < 4.78 is 4.93. The number of nitrogens with one attached hydrogen (secondary N) is 2. The monoisotopic (exact) mass is 377 g/mol. The van der Waals surface area contributed by atoms with Crippen LogP contribution in [0.2, 0.25) is 5.02 Å². The summed E-state index contributed by atoms with van der Waals surface area (Å²) in [5.41, 5.74) is 0.00192. The first kappa shape index (κ1) is 17.2. The molecule has 1 amide bonds. The third-order valence-corrected chi connectivity index (χ3v) is 4.18. The number of methoxy groups -OCH3 is 1. The van der Waals surface area contributed by atoms with Crippen molar-refractivity contribution >= 4 is 34.0 Å². The predicted octanol–water partition coefficient (Wildman–Crippen LogP) is 2.34. The number of benzene rings is 1. The lowest BCUT2D eigenvalue weighted by Gasteiger charge is -2.03. The molecule has 8 nitrogen and oxygen atoms in total. The molecule has 3 aromatic rings. The molecule has 128 valence electrons. The van der Waals surface area contributed by atoms with Crippen LogP contribution in [-0.4, -0.2) is 33.2 Å². The van der Waals surface area contributed by atoms with E-state index in [1.54, 1.807) is 24.3 Å². The molecule has 0 unspecified atom stereocenters. The molecule has 0 atom stereocenters. The molecule has 0 bridgehead atoms. The van der Waals surface area contributed by atoms with E-state index in [1.807, 2.05) is 0 Å². The van der Waals surface area contributed by atoms with E-state index < -0.39 is 11.5 Å². The van der Waals surface area contributed by atoms with Gasteiger partial charge >= 0.3 is 0 Å². The van der Waals surface area contributed by atoms with Gasteiger partial charge < -0.3 is 9.72 Å². The number of aromatic nitrogens is 4. The molecule has 10 heteroatoms. The largest absolute Gasteiger partial charge is 0.377 e. The SMILES string of the molecule is COCc1nnc(NC(=O)c2cnc(-c3ccc(Cl)cc3)[nH]c2=O)s1. The molecular weight excluding hydrogens is 366 g/mol. The molecule has 0 spiro atoms. The molecule has 0 aliphatic heterocycles. The van der Waals surface area contributed by atoms with Crippen LogP contribution < -0.4 is 10.9 Å². The number of amides is 1. The van der Waals surface area contributed by atoms with E-state index in [9.17, 15) is 9.59 Å². The van der Waals surface area contributed by atoms with Gasteiger partial charge in [-0.1, -0.05) is 22.9 Å². The summed E-state index contributed by atoms with van der Waals surface area (Å²) in [6, 6.07) is 6.81. The van der Waals surface area contributed by atoms with Gasteiger partial charge in [-0.2, -0.15) is 0 Å². The lowest BCUT2D eigenvalue weighted by atomic mass is 10.2. The van der Waals surface area contributed by atoms with Gasteiger partial charge in [0, 0.05) is 23.9 Å². The average molecular weight is 378 g/mol.